The van der Waals surface area contributed by atoms with Crippen LogP contribution in [0.3, 0.4) is 0 Å². The normalized spacial score (nSPS) is 16.8. The first-order valence-electron chi connectivity index (χ1n) is 9.55. The molecule has 0 bridgehead atoms. The van der Waals surface area contributed by atoms with Crippen molar-refractivity contribution in [2.45, 2.75) is 18.9 Å². The summed E-state index contributed by atoms with van der Waals surface area (Å²) in [4.78, 5) is 17.3. The molecule has 1 N–H and O–H groups in total. The second-order valence-corrected chi connectivity index (χ2v) is 7.84. The molecule has 0 spiro atoms. The van der Waals surface area contributed by atoms with Gasteiger partial charge in [-0.25, -0.2) is 9.38 Å². The number of ether oxygens (including phenoxy) is 2. The molecular formula is C22H20BrFN2O4. The van der Waals surface area contributed by atoms with Crippen LogP contribution in [0.2, 0.25) is 0 Å². The first-order valence-corrected chi connectivity index (χ1v) is 10.3. The van der Waals surface area contributed by atoms with Gasteiger partial charge >= 0.3 is 0 Å². The van der Waals surface area contributed by atoms with Crippen LogP contribution in [0.25, 0.3) is 11.0 Å². The fourth-order valence-corrected chi connectivity index (χ4v) is 3.68. The molecule has 2 heterocycles. The third kappa shape index (κ3) is 4.55. The van der Waals surface area contributed by atoms with E-state index < -0.39 is 5.82 Å². The second kappa shape index (κ2) is 8.97. The van der Waals surface area contributed by atoms with Crippen molar-refractivity contribution in [1.82, 2.24) is 5.32 Å². The zero-order valence-corrected chi connectivity index (χ0v) is 17.9. The zero-order chi connectivity index (χ0) is 21.1. The van der Waals surface area contributed by atoms with Crippen molar-refractivity contribution in [1.29, 1.82) is 0 Å². The fraction of sp³-hybridized carbons (Fsp3) is 0.273. The van der Waals surface area contributed by atoms with Gasteiger partial charge in [-0.05, 0) is 49.2 Å². The van der Waals surface area contributed by atoms with Gasteiger partial charge in [0.15, 0.2) is 11.6 Å². The highest BCUT2D eigenvalue weighted by Crippen LogP contribution is 2.23. The van der Waals surface area contributed by atoms with E-state index in [1.807, 2.05) is 12.1 Å². The van der Waals surface area contributed by atoms with Crippen LogP contribution in [-0.4, -0.2) is 32.3 Å². The van der Waals surface area contributed by atoms with Crippen LogP contribution in [0.1, 0.15) is 23.2 Å². The van der Waals surface area contributed by atoms with E-state index >= 15 is 0 Å². The Morgan fingerprint density at radius 3 is 2.90 bits per heavy atom. The molecule has 1 amide bonds. The molecule has 2 aromatic carbocycles. The summed E-state index contributed by atoms with van der Waals surface area (Å²) in [6.07, 6.45) is 1.91. The summed E-state index contributed by atoms with van der Waals surface area (Å²) in [6, 6.07) is 11.5. The maximum atomic E-state index is 14.1. The maximum Gasteiger partial charge on any atom is 0.256 e. The van der Waals surface area contributed by atoms with Crippen molar-refractivity contribution < 1.29 is 23.1 Å². The summed E-state index contributed by atoms with van der Waals surface area (Å²) >= 11 is 3.43. The van der Waals surface area contributed by atoms with Crippen LogP contribution < -0.4 is 15.6 Å². The number of fused-ring (bicyclic) bond motifs is 1. The number of hydrogen-bond donors (Lipinski definition) is 1. The average Bonchev–Trinajstić information content (AvgIpc) is 3.25. The molecule has 1 atom stereocenters. The van der Waals surface area contributed by atoms with Crippen molar-refractivity contribution >= 4 is 38.5 Å². The molecule has 156 valence electrons. The first kappa shape index (κ1) is 20.6. The van der Waals surface area contributed by atoms with Crippen LogP contribution >= 0.6 is 15.9 Å². The van der Waals surface area contributed by atoms with E-state index in [9.17, 15) is 9.18 Å². The molecule has 1 saturated heterocycles. The summed E-state index contributed by atoms with van der Waals surface area (Å²) in [6.45, 7) is 1.12. The topological polar surface area (TPSA) is 73.1 Å². The van der Waals surface area contributed by atoms with Crippen LogP contribution in [0.5, 0.6) is 5.75 Å². The first-order chi connectivity index (χ1) is 14.5. The lowest BCUT2D eigenvalue weighted by Crippen LogP contribution is -2.34. The van der Waals surface area contributed by atoms with Gasteiger partial charge in [0, 0.05) is 29.1 Å². The lowest BCUT2D eigenvalue weighted by atomic mass is 10.1. The summed E-state index contributed by atoms with van der Waals surface area (Å²) in [5.41, 5.74) is 1.22. The SMILES string of the molecule is COc1ccc(N=c2oc3ccc(Br)cc3cc2C(=O)NC[C@H]2CCCO2)cc1F. The highest BCUT2D eigenvalue weighted by Gasteiger charge is 2.18. The Kier molecular flexibility index (Phi) is 6.15. The van der Waals surface area contributed by atoms with Crippen LogP contribution in [0.4, 0.5) is 10.1 Å². The molecule has 0 saturated carbocycles. The zero-order valence-electron chi connectivity index (χ0n) is 16.3. The molecule has 4 rings (SSSR count). The third-order valence-electron chi connectivity index (χ3n) is 4.83. The van der Waals surface area contributed by atoms with E-state index in [1.165, 1.54) is 19.2 Å². The van der Waals surface area contributed by atoms with Gasteiger partial charge in [0.25, 0.3) is 5.91 Å². The molecule has 1 aliphatic heterocycles. The van der Waals surface area contributed by atoms with Crippen molar-refractivity contribution in [3.05, 3.63) is 63.9 Å². The van der Waals surface area contributed by atoms with Crippen molar-refractivity contribution in [3.8, 4) is 5.75 Å². The number of carbonyl (C=O) groups excluding carboxylic acids is 1. The summed E-state index contributed by atoms with van der Waals surface area (Å²) in [5.74, 6) is -0.763. The molecule has 1 aromatic heterocycles. The number of hydrogen-bond acceptors (Lipinski definition) is 5. The van der Waals surface area contributed by atoms with Crippen LogP contribution in [0, 0.1) is 5.82 Å². The Balaban J connectivity index is 1.75. The molecule has 8 heteroatoms. The molecule has 3 aromatic rings. The summed E-state index contributed by atoms with van der Waals surface area (Å²) in [5, 5.41) is 3.63. The number of methoxy groups -OCH3 is 1. The molecular weight excluding hydrogens is 455 g/mol. The molecule has 0 unspecified atom stereocenters. The minimum atomic E-state index is -0.548. The number of nitrogens with zero attached hydrogens (tertiary/aromatic N) is 1. The van der Waals surface area contributed by atoms with Gasteiger partial charge in [0.05, 0.1) is 18.9 Å². The summed E-state index contributed by atoms with van der Waals surface area (Å²) < 4.78 is 31.4. The van der Waals surface area contributed by atoms with E-state index in [1.54, 1.807) is 18.2 Å². The lowest BCUT2D eigenvalue weighted by Gasteiger charge is -2.11. The predicted octanol–water partition coefficient (Wildman–Crippen LogP) is 4.48. The van der Waals surface area contributed by atoms with Crippen molar-refractivity contribution in [3.63, 3.8) is 0 Å². The van der Waals surface area contributed by atoms with Crippen molar-refractivity contribution in [2.24, 2.45) is 4.99 Å². The number of carbonyl (C=O) groups is 1. The van der Waals surface area contributed by atoms with Gasteiger partial charge in [-0.3, -0.25) is 4.79 Å². The Morgan fingerprint density at radius 2 is 2.17 bits per heavy atom. The standard InChI is InChI=1S/C22H20BrFN2O4/c1-28-20-7-5-15(11-18(20)24)26-22-17(21(27)25-12-16-3-2-8-29-16)10-13-9-14(23)4-6-19(13)30-22/h4-7,9-11,16H,2-3,8,12H2,1H3,(H,25,27)/t16-/m1/s1. The number of rotatable bonds is 5. The van der Waals surface area contributed by atoms with Crippen molar-refractivity contribution in [2.75, 3.05) is 20.3 Å². The lowest BCUT2D eigenvalue weighted by molar-refractivity contribution is 0.0854. The van der Waals surface area contributed by atoms with E-state index in [-0.39, 0.29) is 28.9 Å². The van der Waals surface area contributed by atoms with Gasteiger partial charge < -0.3 is 19.2 Å². The molecule has 30 heavy (non-hydrogen) atoms. The second-order valence-electron chi connectivity index (χ2n) is 6.92. The monoisotopic (exact) mass is 474 g/mol. The molecule has 1 fully saturated rings. The highest BCUT2D eigenvalue weighted by atomic mass is 79.9. The van der Waals surface area contributed by atoms with Crippen LogP contribution in [-0.2, 0) is 4.74 Å². The van der Waals surface area contributed by atoms with E-state index in [2.05, 4.69) is 26.2 Å². The Morgan fingerprint density at radius 1 is 1.30 bits per heavy atom. The number of benzene rings is 2. The molecule has 0 aliphatic carbocycles. The maximum absolute atomic E-state index is 14.1. The van der Waals surface area contributed by atoms with Gasteiger partial charge in [-0.1, -0.05) is 15.9 Å². The Bertz CT molecular complexity index is 1160. The van der Waals surface area contributed by atoms with E-state index in [0.29, 0.717) is 24.4 Å². The number of nitrogens with one attached hydrogen (secondary N) is 1. The van der Waals surface area contributed by atoms with Gasteiger partial charge in [0.2, 0.25) is 5.55 Å². The van der Waals surface area contributed by atoms with E-state index in [4.69, 9.17) is 13.9 Å². The largest absolute Gasteiger partial charge is 0.494 e. The minimum Gasteiger partial charge on any atom is -0.494 e. The smallest absolute Gasteiger partial charge is 0.256 e. The molecule has 1 aliphatic rings. The van der Waals surface area contributed by atoms with Gasteiger partial charge in [-0.2, -0.15) is 0 Å². The van der Waals surface area contributed by atoms with Gasteiger partial charge in [-0.15, -0.1) is 0 Å². The Hall–Kier alpha value is -2.71. The quantitative estimate of drug-likeness (QED) is 0.591. The molecule has 0 radical (unpaired) electrons. The fourth-order valence-electron chi connectivity index (χ4n) is 3.30. The summed E-state index contributed by atoms with van der Waals surface area (Å²) in [7, 11) is 1.39. The average molecular weight is 475 g/mol. The molecule has 6 nitrogen and oxygen atoms in total. The number of halogens is 2. The number of amides is 1. The highest BCUT2D eigenvalue weighted by molar-refractivity contribution is 9.10. The minimum absolute atomic E-state index is 0.0107. The predicted molar refractivity (Wildman–Crippen MR) is 113 cm³/mol. The van der Waals surface area contributed by atoms with Crippen LogP contribution in [0.15, 0.2) is 56.3 Å². The Labute approximate surface area is 180 Å². The van der Waals surface area contributed by atoms with Gasteiger partial charge in [0.1, 0.15) is 11.1 Å². The third-order valence-corrected chi connectivity index (χ3v) is 5.33. The van der Waals surface area contributed by atoms with E-state index in [0.717, 1.165) is 22.7 Å².